The number of rotatable bonds is 3. The van der Waals surface area contributed by atoms with Crippen LogP contribution in [-0.4, -0.2) is 4.98 Å². The van der Waals surface area contributed by atoms with Gasteiger partial charge in [0.1, 0.15) is 5.82 Å². The largest absolute Gasteiger partial charge is 0.361 e. The van der Waals surface area contributed by atoms with Gasteiger partial charge < -0.3 is 5.32 Å². The molecule has 1 radical (unpaired) electrons. The average molecular weight is 211 g/mol. The van der Waals surface area contributed by atoms with Crippen molar-refractivity contribution in [1.82, 2.24) is 4.98 Å². The van der Waals surface area contributed by atoms with Crippen molar-refractivity contribution in [3.8, 4) is 0 Å². The fraction of sp³-hybridized carbons (Fsp3) is 0.143. The molecule has 0 unspecified atom stereocenters. The van der Waals surface area contributed by atoms with Gasteiger partial charge in [-0.05, 0) is 36.6 Å². The maximum atomic E-state index is 4.31. The first-order chi connectivity index (χ1) is 7.77. The van der Waals surface area contributed by atoms with Crippen molar-refractivity contribution in [3.63, 3.8) is 0 Å². The SMILES string of the molecule is Cc1ccnc(N[CH]c2ccccc2)c1C. The van der Waals surface area contributed by atoms with Crippen LogP contribution in [0.15, 0.2) is 42.6 Å². The average Bonchev–Trinajstić information content (AvgIpc) is 2.32. The minimum Gasteiger partial charge on any atom is -0.361 e. The van der Waals surface area contributed by atoms with Gasteiger partial charge in [0, 0.05) is 6.20 Å². The van der Waals surface area contributed by atoms with Crippen LogP contribution >= 0.6 is 0 Å². The Morgan fingerprint density at radius 1 is 1.06 bits per heavy atom. The first-order valence-electron chi connectivity index (χ1n) is 5.34. The van der Waals surface area contributed by atoms with E-state index in [0.717, 1.165) is 11.4 Å². The molecule has 2 aromatic rings. The molecule has 0 bridgehead atoms. The number of aryl methyl sites for hydroxylation is 1. The standard InChI is InChI=1S/C14H15N2/c1-11-8-9-15-14(12(11)2)16-10-13-6-4-3-5-7-13/h3-10H,1-2H3,(H,15,16). The molecule has 2 nitrogen and oxygen atoms in total. The maximum absolute atomic E-state index is 4.31. The normalized spacial score (nSPS) is 10.1. The predicted molar refractivity (Wildman–Crippen MR) is 67.2 cm³/mol. The van der Waals surface area contributed by atoms with Gasteiger partial charge in [0.25, 0.3) is 0 Å². The minimum atomic E-state index is 0.920. The Morgan fingerprint density at radius 2 is 1.81 bits per heavy atom. The van der Waals surface area contributed by atoms with Crippen LogP contribution in [0.4, 0.5) is 5.82 Å². The molecule has 16 heavy (non-hydrogen) atoms. The number of aromatic nitrogens is 1. The van der Waals surface area contributed by atoms with Crippen molar-refractivity contribution in [2.45, 2.75) is 13.8 Å². The van der Waals surface area contributed by atoms with Gasteiger partial charge in [-0.1, -0.05) is 30.3 Å². The highest BCUT2D eigenvalue weighted by Crippen LogP contribution is 2.16. The molecule has 0 atom stereocenters. The summed E-state index contributed by atoms with van der Waals surface area (Å²) in [5, 5.41) is 3.23. The summed E-state index contributed by atoms with van der Waals surface area (Å²) in [6, 6.07) is 12.2. The molecule has 0 aliphatic heterocycles. The molecule has 0 saturated heterocycles. The number of hydrogen-bond donors (Lipinski definition) is 1. The van der Waals surface area contributed by atoms with Crippen LogP contribution in [0.3, 0.4) is 0 Å². The van der Waals surface area contributed by atoms with E-state index in [-0.39, 0.29) is 0 Å². The van der Waals surface area contributed by atoms with Gasteiger partial charge in [-0.3, -0.25) is 0 Å². The molecule has 2 rings (SSSR count). The molecule has 0 fully saturated rings. The third-order valence-corrected chi connectivity index (χ3v) is 2.65. The second kappa shape index (κ2) is 4.79. The summed E-state index contributed by atoms with van der Waals surface area (Å²) in [6.45, 7) is 6.13. The monoisotopic (exact) mass is 211 g/mol. The van der Waals surface area contributed by atoms with Crippen molar-refractivity contribution in [2.24, 2.45) is 0 Å². The predicted octanol–water partition coefficient (Wildman–Crippen LogP) is 3.32. The smallest absolute Gasteiger partial charge is 0.129 e. The van der Waals surface area contributed by atoms with Crippen LogP contribution in [0.1, 0.15) is 16.7 Å². The van der Waals surface area contributed by atoms with E-state index in [1.165, 1.54) is 11.1 Å². The number of pyridine rings is 1. The summed E-state index contributed by atoms with van der Waals surface area (Å²) in [7, 11) is 0. The zero-order valence-electron chi connectivity index (χ0n) is 9.57. The Hall–Kier alpha value is -1.83. The molecular formula is C14H15N2. The van der Waals surface area contributed by atoms with E-state index < -0.39 is 0 Å². The van der Waals surface area contributed by atoms with Gasteiger partial charge in [0.05, 0.1) is 6.54 Å². The fourth-order valence-electron chi connectivity index (χ4n) is 1.48. The summed E-state index contributed by atoms with van der Waals surface area (Å²) in [6.07, 6.45) is 1.82. The first kappa shape index (κ1) is 10.7. The van der Waals surface area contributed by atoms with Crippen LogP contribution < -0.4 is 5.32 Å². The van der Waals surface area contributed by atoms with Crippen molar-refractivity contribution in [1.29, 1.82) is 0 Å². The first-order valence-corrected chi connectivity index (χ1v) is 5.34. The molecule has 1 aromatic carbocycles. The lowest BCUT2D eigenvalue weighted by Crippen LogP contribution is -2.01. The molecule has 2 heteroatoms. The van der Waals surface area contributed by atoms with Gasteiger partial charge in [-0.2, -0.15) is 0 Å². The summed E-state index contributed by atoms with van der Waals surface area (Å²) in [5.74, 6) is 0.920. The molecule has 0 spiro atoms. The molecule has 1 heterocycles. The summed E-state index contributed by atoms with van der Waals surface area (Å²) in [4.78, 5) is 4.31. The topological polar surface area (TPSA) is 24.9 Å². The van der Waals surface area contributed by atoms with Crippen LogP contribution in [-0.2, 0) is 0 Å². The summed E-state index contributed by atoms with van der Waals surface area (Å²) >= 11 is 0. The Bertz CT molecular complexity index is 463. The number of nitrogens with zero attached hydrogens (tertiary/aromatic N) is 1. The van der Waals surface area contributed by atoms with E-state index in [1.807, 2.05) is 37.0 Å². The highest BCUT2D eigenvalue weighted by molar-refractivity contribution is 5.50. The number of benzene rings is 1. The van der Waals surface area contributed by atoms with Gasteiger partial charge >= 0.3 is 0 Å². The Balaban J connectivity index is 2.08. The van der Waals surface area contributed by atoms with Crippen molar-refractivity contribution in [3.05, 3.63) is 65.8 Å². The van der Waals surface area contributed by atoms with E-state index in [2.05, 4.69) is 36.3 Å². The van der Waals surface area contributed by atoms with Gasteiger partial charge in [0.15, 0.2) is 0 Å². The summed E-state index contributed by atoms with van der Waals surface area (Å²) in [5.41, 5.74) is 3.58. The zero-order valence-corrected chi connectivity index (χ0v) is 9.57. The molecule has 0 aliphatic rings. The maximum Gasteiger partial charge on any atom is 0.129 e. The molecule has 0 saturated carbocycles. The third-order valence-electron chi connectivity index (χ3n) is 2.65. The van der Waals surface area contributed by atoms with Gasteiger partial charge in [-0.15, -0.1) is 0 Å². The Labute approximate surface area is 96.4 Å². The highest BCUT2D eigenvalue weighted by atomic mass is 15.0. The number of anilines is 1. The van der Waals surface area contributed by atoms with E-state index in [4.69, 9.17) is 0 Å². The minimum absolute atomic E-state index is 0.920. The summed E-state index contributed by atoms with van der Waals surface area (Å²) < 4.78 is 0. The van der Waals surface area contributed by atoms with Crippen LogP contribution in [0.2, 0.25) is 0 Å². The van der Waals surface area contributed by atoms with Gasteiger partial charge in [-0.25, -0.2) is 4.98 Å². The second-order valence-corrected chi connectivity index (χ2v) is 3.80. The molecule has 81 valence electrons. The van der Waals surface area contributed by atoms with Crippen molar-refractivity contribution >= 4 is 5.82 Å². The quantitative estimate of drug-likeness (QED) is 0.842. The van der Waals surface area contributed by atoms with E-state index in [9.17, 15) is 0 Å². The van der Waals surface area contributed by atoms with Crippen LogP contribution in [0, 0.1) is 20.4 Å². The number of hydrogen-bond acceptors (Lipinski definition) is 2. The van der Waals surface area contributed by atoms with E-state index in [1.54, 1.807) is 0 Å². The van der Waals surface area contributed by atoms with Crippen molar-refractivity contribution < 1.29 is 0 Å². The molecule has 0 aliphatic carbocycles. The lowest BCUT2D eigenvalue weighted by Gasteiger charge is -2.09. The second-order valence-electron chi connectivity index (χ2n) is 3.80. The van der Waals surface area contributed by atoms with Crippen LogP contribution in [0.5, 0.6) is 0 Å². The highest BCUT2D eigenvalue weighted by Gasteiger charge is 2.01. The molecule has 1 aromatic heterocycles. The Kier molecular flexibility index (Phi) is 3.20. The lowest BCUT2D eigenvalue weighted by molar-refractivity contribution is 1.19. The van der Waals surface area contributed by atoms with E-state index >= 15 is 0 Å². The van der Waals surface area contributed by atoms with Crippen molar-refractivity contribution in [2.75, 3.05) is 5.32 Å². The molecule has 1 N–H and O–H groups in total. The number of nitrogens with one attached hydrogen (secondary N) is 1. The molecule has 0 amide bonds. The van der Waals surface area contributed by atoms with Gasteiger partial charge in [0.2, 0.25) is 0 Å². The third kappa shape index (κ3) is 2.40. The zero-order chi connectivity index (χ0) is 11.4. The lowest BCUT2D eigenvalue weighted by atomic mass is 10.1. The van der Waals surface area contributed by atoms with Crippen LogP contribution in [0.25, 0.3) is 0 Å². The van der Waals surface area contributed by atoms with E-state index in [0.29, 0.717) is 0 Å². The molecular weight excluding hydrogens is 196 g/mol. The fourth-order valence-corrected chi connectivity index (χ4v) is 1.48. The Morgan fingerprint density at radius 3 is 2.56 bits per heavy atom.